The average Bonchev–Trinajstić information content (AvgIpc) is 3.00. The third kappa shape index (κ3) is 3.60. The molecule has 0 saturated heterocycles. The normalized spacial score (nSPS) is 10.5. The Labute approximate surface area is 138 Å². The van der Waals surface area contributed by atoms with Crippen LogP contribution in [0.15, 0.2) is 60.0 Å². The van der Waals surface area contributed by atoms with Crippen LogP contribution in [0.3, 0.4) is 0 Å². The molecule has 0 spiro atoms. The highest BCUT2D eigenvalue weighted by Crippen LogP contribution is 2.32. The van der Waals surface area contributed by atoms with Crippen LogP contribution in [-0.4, -0.2) is 11.1 Å². The molecular weight excluding hydrogens is 308 g/mol. The number of hydrogen-bond acceptors (Lipinski definition) is 3. The molecule has 3 rings (SSSR count). The zero-order valence-electron chi connectivity index (χ0n) is 12.7. The van der Waals surface area contributed by atoms with Crippen LogP contribution in [0.1, 0.15) is 21.5 Å². The van der Waals surface area contributed by atoms with E-state index in [-0.39, 0.29) is 5.56 Å². The molecule has 0 aliphatic carbocycles. The van der Waals surface area contributed by atoms with Crippen molar-refractivity contribution < 1.29 is 14.6 Å². The Morgan fingerprint density at radius 2 is 1.91 bits per heavy atom. The molecule has 0 amide bonds. The molecule has 2 aromatic carbocycles. The van der Waals surface area contributed by atoms with Crippen molar-refractivity contribution >= 4 is 17.3 Å². The van der Waals surface area contributed by atoms with Crippen LogP contribution < -0.4 is 4.74 Å². The average molecular weight is 324 g/mol. The Morgan fingerprint density at radius 1 is 1.13 bits per heavy atom. The molecule has 4 heteroatoms. The van der Waals surface area contributed by atoms with Crippen LogP contribution in [0, 0.1) is 6.92 Å². The highest BCUT2D eigenvalue weighted by atomic mass is 32.1. The number of carboxylic acids is 1. The molecule has 0 unspecified atom stereocenters. The number of rotatable bonds is 5. The van der Waals surface area contributed by atoms with E-state index in [1.165, 1.54) is 5.56 Å². The Hall–Kier alpha value is -2.59. The molecule has 23 heavy (non-hydrogen) atoms. The maximum Gasteiger partial charge on any atom is 0.339 e. The van der Waals surface area contributed by atoms with Gasteiger partial charge < -0.3 is 9.84 Å². The molecule has 0 aliphatic heterocycles. The van der Waals surface area contributed by atoms with E-state index in [2.05, 4.69) is 11.4 Å². The van der Waals surface area contributed by atoms with Crippen LogP contribution in [0.25, 0.3) is 10.4 Å². The maximum absolute atomic E-state index is 11.4. The van der Waals surface area contributed by atoms with E-state index in [1.807, 2.05) is 43.3 Å². The molecule has 3 nitrogen and oxygen atoms in total. The van der Waals surface area contributed by atoms with E-state index < -0.39 is 5.97 Å². The summed E-state index contributed by atoms with van der Waals surface area (Å²) in [6.07, 6.45) is 0. The topological polar surface area (TPSA) is 46.5 Å². The summed E-state index contributed by atoms with van der Waals surface area (Å²) in [5.41, 5.74) is 3.34. The molecule has 0 radical (unpaired) electrons. The summed E-state index contributed by atoms with van der Waals surface area (Å²) in [7, 11) is 0. The van der Waals surface area contributed by atoms with E-state index in [0.717, 1.165) is 16.0 Å². The molecule has 1 N–H and O–H groups in total. The van der Waals surface area contributed by atoms with Gasteiger partial charge in [0.15, 0.2) is 0 Å². The molecule has 3 aromatic rings. The molecule has 1 heterocycles. The van der Waals surface area contributed by atoms with Gasteiger partial charge in [0, 0.05) is 4.88 Å². The number of aryl methyl sites for hydroxylation is 1. The first-order valence-electron chi connectivity index (χ1n) is 7.23. The predicted octanol–water partition coefficient (Wildman–Crippen LogP) is 5.00. The summed E-state index contributed by atoms with van der Waals surface area (Å²) < 4.78 is 5.78. The van der Waals surface area contributed by atoms with Gasteiger partial charge in [-0.15, -0.1) is 11.3 Å². The van der Waals surface area contributed by atoms with Gasteiger partial charge in [0.2, 0.25) is 0 Å². The summed E-state index contributed by atoms with van der Waals surface area (Å²) in [5, 5.41) is 11.4. The number of carbonyl (C=O) groups is 1. The Morgan fingerprint density at radius 3 is 2.57 bits per heavy atom. The largest absolute Gasteiger partial charge is 0.488 e. The van der Waals surface area contributed by atoms with Crippen molar-refractivity contribution in [2.75, 3.05) is 0 Å². The van der Waals surface area contributed by atoms with Gasteiger partial charge in [-0.1, -0.05) is 36.4 Å². The first-order chi connectivity index (χ1) is 11.1. The van der Waals surface area contributed by atoms with Crippen molar-refractivity contribution in [3.05, 3.63) is 76.7 Å². The highest BCUT2D eigenvalue weighted by Gasteiger charge is 2.13. The lowest BCUT2D eigenvalue weighted by atomic mass is 10.1. The SMILES string of the molecule is Cc1csc(-c2ccc(C(=O)O)c(OCc3ccccc3)c2)c1. The minimum absolute atomic E-state index is 0.179. The van der Waals surface area contributed by atoms with Gasteiger partial charge in [-0.2, -0.15) is 0 Å². The lowest BCUT2D eigenvalue weighted by molar-refractivity contribution is 0.0692. The van der Waals surface area contributed by atoms with Gasteiger partial charge in [-0.05, 0) is 47.2 Å². The molecule has 0 saturated carbocycles. The molecular formula is C19H16O3S. The fraction of sp³-hybridized carbons (Fsp3) is 0.105. The van der Waals surface area contributed by atoms with Crippen molar-refractivity contribution in [1.29, 1.82) is 0 Å². The van der Waals surface area contributed by atoms with Crippen molar-refractivity contribution in [2.24, 2.45) is 0 Å². The number of hydrogen-bond donors (Lipinski definition) is 1. The molecule has 0 aliphatic rings. The van der Waals surface area contributed by atoms with Gasteiger partial charge in [-0.3, -0.25) is 0 Å². The van der Waals surface area contributed by atoms with Crippen LogP contribution in [-0.2, 0) is 6.61 Å². The maximum atomic E-state index is 11.4. The fourth-order valence-corrected chi connectivity index (χ4v) is 3.19. The third-order valence-electron chi connectivity index (χ3n) is 3.46. The van der Waals surface area contributed by atoms with E-state index in [1.54, 1.807) is 23.5 Å². The van der Waals surface area contributed by atoms with Crippen LogP contribution in [0.5, 0.6) is 5.75 Å². The van der Waals surface area contributed by atoms with Gasteiger partial charge in [-0.25, -0.2) is 4.79 Å². The second-order valence-corrected chi connectivity index (χ2v) is 6.19. The number of carboxylic acid groups (broad SMARTS) is 1. The first kappa shape index (κ1) is 15.3. The summed E-state index contributed by atoms with van der Waals surface area (Å²) in [6, 6.07) is 17.0. The number of aromatic carboxylic acids is 1. The smallest absolute Gasteiger partial charge is 0.339 e. The zero-order chi connectivity index (χ0) is 16.2. The Kier molecular flexibility index (Phi) is 4.44. The Bertz CT molecular complexity index is 822. The summed E-state index contributed by atoms with van der Waals surface area (Å²) in [6.45, 7) is 2.38. The quantitative estimate of drug-likeness (QED) is 0.718. The predicted molar refractivity (Wildman–Crippen MR) is 92.2 cm³/mol. The minimum Gasteiger partial charge on any atom is -0.488 e. The van der Waals surface area contributed by atoms with E-state index in [9.17, 15) is 9.90 Å². The third-order valence-corrected chi connectivity index (χ3v) is 4.56. The van der Waals surface area contributed by atoms with Crippen molar-refractivity contribution in [3.8, 4) is 16.2 Å². The summed E-state index contributed by atoms with van der Waals surface area (Å²) in [5.74, 6) is -0.591. The number of ether oxygens (including phenoxy) is 1. The monoisotopic (exact) mass is 324 g/mol. The molecule has 0 bridgehead atoms. The molecule has 116 valence electrons. The van der Waals surface area contributed by atoms with E-state index in [0.29, 0.717) is 12.4 Å². The number of thiophene rings is 1. The molecule has 0 fully saturated rings. The van der Waals surface area contributed by atoms with Crippen LogP contribution in [0.2, 0.25) is 0 Å². The molecule has 1 aromatic heterocycles. The van der Waals surface area contributed by atoms with Crippen molar-refractivity contribution in [1.82, 2.24) is 0 Å². The minimum atomic E-state index is -0.984. The summed E-state index contributed by atoms with van der Waals surface area (Å²) >= 11 is 1.64. The van der Waals surface area contributed by atoms with Gasteiger partial charge in [0.05, 0.1) is 0 Å². The fourth-order valence-electron chi connectivity index (χ4n) is 2.29. The number of benzene rings is 2. The van der Waals surface area contributed by atoms with E-state index >= 15 is 0 Å². The van der Waals surface area contributed by atoms with Gasteiger partial charge in [0.25, 0.3) is 0 Å². The first-order valence-corrected chi connectivity index (χ1v) is 8.11. The van der Waals surface area contributed by atoms with Crippen LogP contribution >= 0.6 is 11.3 Å². The standard InChI is InChI=1S/C19H16O3S/c1-13-9-18(23-12-13)15-7-8-16(19(20)21)17(10-15)22-11-14-5-3-2-4-6-14/h2-10,12H,11H2,1H3,(H,20,21). The van der Waals surface area contributed by atoms with Gasteiger partial charge >= 0.3 is 5.97 Å². The Balaban J connectivity index is 1.90. The van der Waals surface area contributed by atoms with E-state index in [4.69, 9.17) is 4.74 Å². The lowest BCUT2D eigenvalue weighted by Gasteiger charge is -2.11. The summed E-state index contributed by atoms with van der Waals surface area (Å²) in [4.78, 5) is 12.5. The second-order valence-electron chi connectivity index (χ2n) is 5.28. The van der Waals surface area contributed by atoms with Gasteiger partial charge in [0.1, 0.15) is 17.9 Å². The lowest BCUT2D eigenvalue weighted by Crippen LogP contribution is -2.03. The second kappa shape index (κ2) is 6.67. The van der Waals surface area contributed by atoms with Crippen LogP contribution in [0.4, 0.5) is 0 Å². The van der Waals surface area contributed by atoms with Crippen molar-refractivity contribution in [2.45, 2.75) is 13.5 Å². The highest BCUT2D eigenvalue weighted by molar-refractivity contribution is 7.13. The van der Waals surface area contributed by atoms with Crippen molar-refractivity contribution in [3.63, 3.8) is 0 Å². The zero-order valence-corrected chi connectivity index (χ0v) is 13.5. The molecule has 0 atom stereocenters.